The number of H-pyrrole nitrogens is 1. The largest absolute Gasteiger partial charge is 0.361 e. The number of nitrogens with one attached hydrogen (secondary N) is 1. The van der Waals surface area contributed by atoms with E-state index in [2.05, 4.69) is 82.7 Å². The Balaban J connectivity index is 1.38. The first-order valence-electron chi connectivity index (χ1n) is 8.57. The molecule has 0 radical (unpaired) electrons. The number of nitrogens with zero attached hydrogens (tertiary/aromatic N) is 1. The van der Waals surface area contributed by atoms with Crippen LogP contribution in [0.1, 0.15) is 17.5 Å². The van der Waals surface area contributed by atoms with Crippen LogP contribution in [-0.4, -0.2) is 23.0 Å². The molecular weight excluding hydrogens is 292 g/mol. The summed E-state index contributed by atoms with van der Waals surface area (Å²) in [5.74, 6) is 0. The van der Waals surface area contributed by atoms with Crippen LogP contribution in [0, 0.1) is 0 Å². The van der Waals surface area contributed by atoms with Crippen molar-refractivity contribution in [3.8, 4) is 0 Å². The van der Waals surface area contributed by atoms with Crippen LogP contribution in [0.2, 0.25) is 0 Å². The first kappa shape index (κ1) is 15.0. The maximum Gasteiger partial charge on any atom is 0.0454 e. The van der Waals surface area contributed by atoms with E-state index in [4.69, 9.17) is 0 Å². The molecule has 0 bridgehead atoms. The highest BCUT2D eigenvalue weighted by molar-refractivity contribution is 5.79. The van der Waals surface area contributed by atoms with Crippen LogP contribution in [0.4, 0.5) is 0 Å². The van der Waals surface area contributed by atoms with E-state index < -0.39 is 0 Å². The van der Waals surface area contributed by atoms with Crippen LogP contribution >= 0.6 is 0 Å². The number of aromatic nitrogens is 1. The van der Waals surface area contributed by atoms with Gasteiger partial charge in [0, 0.05) is 31.3 Å². The molecule has 2 nitrogen and oxygen atoms in total. The minimum absolute atomic E-state index is 1.02. The van der Waals surface area contributed by atoms with Gasteiger partial charge in [-0.25, -0.2) is 0 Å². The lowest BCUT2D eigenvalue weighted by atomic mass is 10.1. The summed E-state index contributed by atoms with van der Waals surface area (Å²) in [6.45, 7) is 3.17. The van der Waals surface area contributed by atoms with Gasteiger partial charge in [-0.1, -0.05) is 54.6 Å². The van der Waals surface area contributed by atoms with Gasteiger partial charge < -0.3 is 4.98 Å². The SMILES string of the molecule is C1=C(/C=C/c2ccccc2)CCN(Cc2ccc3[nH]ccc3c2)C1. The standard InChI is InChI=1S/C22H22N2/c1-2-4-18(5-3-1)6-7-19-11-14-24(15-12-19)17-20-8-9-22-21(16-20)10-13-23-22/h1-11,13,16,23H,12,14-15,17H2/b7-6+. The molecule has 1 aliphatic heterocycles. The molecule has 2 heterocycles. The van der Waals surface area contributed by atoms with Gasteiger partial charge >= 0.3 is 0 Å². The summed E-state index contributed by atoms with van der Waals surface area (Å²) in [6.07, 6.45) is 9.96. The van der Waals surface area contributed by atoms with Crippen LogP contribution in [0.25, 0.3) is 17.0 Å². The summed E-state index contributed by atoms with van der Waals surface area (Å²) in [5.41, 5.74) is 5.31. The summed E-state index contributed by atoms with van der Waals surface area (Å²) in [7, 11) is 0. The van der Waals surface area contributed by atoms with E-state index in [1.54, 1.807) is 0 Å². The van der Waals surface area contributed by atoms with Gasteiger partial charge in [0.2, 0.25) is 0 Å². The van der Waals surface area contributed by atoms with E-state index in [1.165, 1.54) is 27.6 Å². The van der Waals surface area contributed by atoms with Crippen LogP contribution in [-0.2, 0) is 6.54 Å². The van der Waals surface area contributed by atoms with Crippen molar-refractivity contribution in [2.24, 2.45) is 0 Å². The number of hydrogen-bond donors (Lipinski definition) is 1. The second-order valence-corrected chi connectivity index (χ2v) is 6.41. The van der Waals surface area contributed by atoms with Crippen LogP contribution < -0.4 is 0 Å². The van der Waals surface area contributed by atoms with Gasteiger partial charge in [0.05, 0.1) is 0 Å². The zero-order chi connectivity index (χ0) is 16.2. The van der Waals surface area contributed by atoms with Crippen molar-refractivity contribution in [1.29, 1.82) is 0 Å². The molecule has 0 spiro atoms. The van der Waals surface area contributed by atoms with E-state index in [9.17, 15) is 0 Å². The zero-order valence-electron chi connectivity index (χ0n) is 13.8. The molecule has 0 saturated heterocycles. The quantitative estimate of drug-likeness (QED) is 0.717. The molecule has 2 heteroatoms. The van der Waals surface area contributed by atoms with Crippen molar-refractivity contribution in [2.45, 2.75) is 13.0 Å². The van der Waals surface area contributed by atoms with Crippen LogP contribution in [0.5, 0.6) is 0 Å². The Labute approximate surface area is 143 Å². The summed E-state index contributed by atoms with van der Waals surface area (Å²) < 4.78 is 0. The molecule has 0 aliphatic carbocycles. The van der Waals surface area contributed by atoms with Crippen LogP contribution in [0.3, 0.4) is 0 Å². The molecular formula is C22H22N2. The number of allylic oxidation sites excluding steroid dienone is 1. The Bertz CT molecular complexity index is 871. The van der Waals surface area contributed by atoms with E-state index in [0.717, 1.165) is 26.1 Å². The van der Waals surface area contributed by atoms with Gasteiger partial charge in [0.15, 0.2) is 0 Å². The molecule has 0 fully saturated rings. The molecule has 3 aromatic rings. The molecule has 0 unspecified atom stereocenters. The number of benzene rings is 2. The van der Waals surface area contributed by atoms with E-state index in [0.29, 0.717) is 0 Å². The first-order chi connectivity index (χ1) is 11.9. The molecule has 1 N–H and O–H groups in total. The normalized spacial score (nSPS) is 15.9. The van der Waals surface area contributed by atoms with E-state index in [-0.39, 0.29) is 0 Å². The van der Waals surface area contributed by atoms with Gasteiger partial charge in [-0.15, -0.1) is 0 Å². The summed E-state index contributed by atoms with van der Waals surface area (Å²) in [5, 5.41) is 1.30. The Kier molecular flexibility index (Phi) is 4.30. The molecule has 24 heavy (non-hydrogen) atoms. The lowest BCUT2D eigenvalue weighted by molar-refractivity contribution is 0.287. The van der Waals surface area contributed by atoms with Gasteiger partial charge in [-0.3, -0.25) is 4.90 Å². The summed E-state index contributed by atoms with van der Waals surface area (Å²) >= 11 is 0. The second-order valence-electron chi connectivity index (χ2n) is 6.41. The minimum atomic E-state index is 1.02. The Morgan fingerprint density at radius 2 is 1.92 bits per heavy atom. The summed E-state index contributed by atoms with van der Waals surface area (Å²) in [4.78, 5) is 5.76. The Morgan fingerprint density at radius 1 is 1.00 bits per heavy atom. The fraction of sp³-hybridized carbons (Fsp3) is 0.182. The number of fused-ring (bicyclic) bond motifs is 1. The van der Waals surface area contributed by atoms with Gasteiger partial charge in [0.1, 0.15) is 0 Å². The third-order valence-corrected chi connectivity index (χ3v) is 4.64. The number of aromatic amines is 1. The lowest BCUT2D eigenvalue weighted by Gasteiger charge is -2.25. The van der Waals surface area contributed by atoms with Crippen LogP contribution in [0.15, 0.2) is 78.5 Å². The molecule has 1 aromatic heterocycles. The van der Waals surface area contributed by atoms with E-state index in [1.807, 2.05) is 6.20 Å². The predicted molar refractivity (Wildman–Crippen MR) is 102 cm³/mol. The third kappa shape index (κ3) is 3.50. The van der Waals surface area contributed by atoms with Crippen molar-refractivity contribution < 1.29 is 0 Å². The average molecular weight is 314 g/mol. The highest BCUT2D eigenvalue weighted by Crippen LogP contribution is 2.19. The topological polar surface area (TPSA) is 19.0 Å². The second kappa shape index (κ2) is 6.90. The highest BCUT2D eigenvalue weighted by Gasteiger charge is 2.11. The Hall–Kier alpha value is -2.58. The van der Waals surface area contributed by atoms with Crippen molar-refractivity contribution in [3.05, 3.63) is 89.6 Å². The molecule has 0 atom stereocenters. The predicted octanol–water partition coefficient (Wildman–Crippen LogP) is 5.01. The van der Waals surface area contributed by atoms with Crippen molar-refractivity contribution in [3.63, 3.8) is 0 Å². The number of rotatable bonds is 4. The van der Waals surface area contributed by atoms with Gasteiger partial charge in [0.25, 0.3) is 0 Å². The van der Waals surface area contributed by atoms with Crippen molar-refractivity contribution in [1.82, 2.24) is 9.88 Å². The first-order valence-corrected chi connectivity index (χ1v) is 8.57. The smallest absolute Gasteiger partial charge is 0.0454 e. The lowest BCUT2D eigenvalue weighted by Crippen LogP contribution is -2.28. The number of hydrogen-bond acceptors (Lipinski definition) is 1. The average Bonchev–Trinajstić information content (AvgIpc) is 3.10. The molecule has 1 aliphatic rings. The highest BCUT2D eigenvalue weighted by atomic mass is 15.1. The van der Waals surface area contributed by atoms with E-state index >= 15 is 0 Å². The molecule has 2 aromatic carbocycles. The third-order valence-electron chi connectivity index (χ3n) is 4.64. The Morgan fingerprint density at radius 3 is 2.75 bits per heavy atom. The minimum Gasteiger partial charge on any atom is -0.361 e. The molecule has 0 saturated carbocycles. The zero-order valence-corrected chi connectivity index (χ0v) is 13.8. The fourth-order valence-corrected chi connectivity index (χ4v) is 3.25. The maximum atomic E-state index is 3.25. The molecule has 0 amide bonds. The van der Waals surface area contributed by atoms with Crippen molar-refractivity contribution >= 4 is 17.0 Å². The monoisotopic (exact) mass is 314 g/mol. The van der Waals surface area contributed by atoms with Gasteiger partial charge in [-0.05, 0) is 46.7 Å². The fourth-order valence-electron chi connectivity index (χ4n) is 3.25. The van der Waals surface area contributed by atoms with Crippen molar-refractivity contribution in [2.75, 3.05) is 13.1 Å². The summed E-state index contributed by atoms with van der Waals surface area (Å²) in [6, 6.07) is 19.3. The molecule has 120 valence electrons. The van der Waals surface area contributed by atoms with Gasteiger partial charge in [-0.2, -0.15) is 0 Å². The maximum absolute atomic E-state index is 3.25. The molecule has 4 rings (SSSR count).